The van der Waals surface area contributed by atoms with Gasteiger partial charge in [0.2, 0.25) is 11.8 Å². The molecule has 0 radical (unpaired) electrons. The molecule has 4 atom stereocenters. The van der Waals surface area contributed by atoms with Gasteiger partial charge in [-0.05, 0) is 26.7 Å². The lowest BCUT2D eigenvalue weighted by molar-refractivity contribution is -0.163. The molecule has 9 nitrogen and oxygen atoms in total. The van der Waals surface area contributed by atoms with Gasteiger partial charge in [0.15, 0.2) is 6.10 Å². The van der Waals surface area contributed by atoms with E-state index >= 15 is 0 Å². The van der Waals surface area contributed by atoms with Crippen LogP contribution in [0.15, 0.2) is 0 Å². The predicted molar refractivity (Wildman–Crippen MR) is 80.0 cm³/mol. The number of primary amides is 1. The SMILES string of the molecule is C[C@@H](OC(=O)[C@H](C)N1C(=O)[C@H]2CCCC[C@H]2C1=O)C(=O)NC(N)=O. The Morgan fingerprint density at radius 3 is 2.08 bits per heavy atom. The van der Waals surface area contributed by atoms with Gasteiger partial charge >= 0.3 is 12.0 Å². The fourth-order valence-electron chi connectivity index (χ4n) is 3.22. The van der Waals surface area contributed by atoms with Gasteiger partial charge in [-0.1, -0.05) is 12.8 Å². The average Bonchev–Trinajstić information content (AvgIpc) is 2.78. The van der Waals surface area contributed by atoms with Crippen molar-refractivity contribution in [2.45, 2.75) is 51.7 Å². The second-order valence-corrected chi connectivity index (χ2v) is 6.15. The van der Waals surface area contributed by atoms with Crippen molar-refractivity contribution in [1.29, 1.82) is 0 Å². The minimum absolute atomic E-state index is 0.358. The van der Waals surface area contributed by atoms with Gasteiger partial charge in [-0.15, -0.1) is 0 Å². The summed E-state index contributed by atoms with van der Waals surface area (Å²) in [5.41, 5.74) is 4.82. The molecule has 0 aromatic carbocycles. The van der Waals surface area contributed by atoms with Crippen molar-refractivity contribution in [1.82, 2.24) is 10.2 Å². The summed E-state index contributed by atoms with van der Waals surface area (Å²) < 4.78 is 4.93. The fraction of sp³-hybridized carbons (Fsp3) is 0.667. The molecular weight excluding hydrogens is 318 g/mol. The lowest BCUT2D eigenvalue weighted by atomic mass is 9.81. The maximum atomic E-state index is 12.4. The number of nitrogens with one attached hydrogen (secondary N) is 1. The molecule has 5 amide bonds. The van der Waals surface area contributed by atoms with Crippen LogP contribution in [0.1, 0.15) is 39.5 Å². The van der Waals surface area contributed by atoms with E-state index < -0.39 is 30.1 Å². The summed E-state index contributed by atoms with van der Waals surface area (Å²) >= 11 is 0. The Hall–Kier alpha value is -2.45. The van der Waals surface area contributed by atoms with Crippen LogP contribution in [-0.2, 0) is 23.9 Å². The molecule has 1 aliphatic heterocycles. The van der Waals surface area contributed by atoms with Crippen LogP contribution in [0.3, 0.4) is 0 Å². The monoisotopic (exact) mass is 339 g/mol. The zero-order valence-corrected chi connectivity index (χ0v) is 13.6. The van der Waals surface area contributed by atoms with E-state index in [1.165, 1.54) is 13.8 Å². The van der Waals surface area contributed by atoms with E-state index in [9.17, 15) is 24.0 Å². The summed E-state index contributed by atoms with van der Waals surface area (Å²) in [5.74, 6) is -3.21. The van der Waals surface area contributed by atoms with Crippen molar-refractivity contribution in [3.05, 3.63) is 0 Å². The molecule has 1 heterocycles. The van der Waals surface area contributed by atoms with E-state index in [4.69, 9.17) is 10.5 Å². The first-order valence-electron chi connectivity index (χ1n) is 7.91. The zero-order valence-electron chi connectivity index (χ0n) is 13.6. The van der Waals surface area contributed by atoms with Crippen molar-refractivity contribution in [2.24, 2.45) is 17.6 Å². The summed E-state index contributed by atoms with van der Waals surface area (Å²) in [6.45, 7) is 2.64. The van der Waals surface area contributed by atoms with Gasteiger partial charge < -0.3 is 10.5 Å². The molecule has 0 spiro atoms. The van der Waals surface area contributed by atoms with Gasteiger partial charge in [0.25, 0.3) is 5.91 Å². The number of carbonyl (C=O) groups excluding carboxylic acids is 5. The Morgan fingerprint density at radius 1 is 1.12 bits per heavy atom. The number of esters is 1. The van der Waals surface area contributed by atoms with E-state index in [2.05, 4.69) is 0 Å². The lowest BCUT2D eigenvalue weighted by Gasteiger charge is -2.23. The van der Waals surface area contributed by atoms with Crippen molar-refractivity contribution >= 4 is 29.7 Å². The highest BCUT2D eigenvalue weighted by Gasteiger charge is 2.51. The number of nitrogens with two attached hydrogens (primary N) is 1. The molecule has 0 unspecified atom stereocenters. The molecule has 1 saturated heterocycles. The molecule has 9 heteroatoms. The summed E-state index contributed by atoms with van der Waals surface area (Å²) in [7, 11) is 0. The van der Waals surface area contributed by atoms with Crippen molar-refractivity contribution in [2.75, 3.05) is 0 Å². The highest BCUT2D eigenvalue weighted by molar-refractivity contribution is 6.08. The minimum Gasteiger partial charge on any atom is -0.451 e. The smallest absolute Gasteiger partial charge is 0.329 e. The number of likely N-dealkylation sites (tertiary alicyclic amines) is 1. The number of carbonyl (C=O) groups is 5. The lowest BCUT2D eigenvalue weighted by Crippen LogP contribution is -2.47. The van der Waals surface area contributed by atoms with Crippen LogP contribution < -0.4 is 11.1 Å². The molecule has 132 valence electrons. The van der Waals surface area contributed by atoms with E-state index in [1.54, 1.807) is 5.32 Å². The molecule has 2 fully saturated rings. The standard InChI is InChI=1S/C15H21N3O6/c1-7(14(22)24-8(2)11(19)17-15(16)23)18-12(20)9-5-3-4-6-10(9)13(18)21/h7-10H,3-6H2,1-2H3,(H3,16,17,19,23)/t7-,8+,9-,10+/m0/s1. The largest absolute Gasteiger partial charge is 0.451 e. The number of nitrogens with zero attached hydrogens (tertiary/aromatic N) is 1. The Morgan fingerprint density at radius 2 is 1.62 bits per heavy atom. The quantitative estimate of drug-likeness (QED) is 0.532. The molecule has 2 aliphatic rings. The van der Waals surface area contributed by atoms with E-state index in [0.717, 1.165) is 17.7 Å². The number of fused-ring (bicyclic) bond motifs is 1. The first-order chi connectivity index (χ1) is 11.2. The second kappa shape index (κ2) is 6.98. The van der Waals surface area contributed by atoms with E-state index in [-0.39, 0.29) is 23.7 Å². The Kier molecular flexibility index (Phi) is 5.20. The number of amides is 5. The second-order valence-electron chi connectivity index (χ2n) is 6.15. The van der Waals surface area contributed by atoms with Gasteiger partial charge in [-0.2, -0.15) is 0 Å². The highest BCUT2D eigenvalue weighted by Crippen LogP contribution is 2.38. The summed E-state index contributed by atoms with van der Waals surface area (Å²) in [4.78, 5) is 60.1. The first kappa shape index (κ1) is 17.9. The topological polar surface area (TPSA) is 136 Å². The van der Waals surface area contributed by atoms with Crippen LogP contribution in [-0.4, -0.2) is 46.8 Å². The van der Waals surface area contributed by atoms with Crippen molar-refractivity contribution in [3.8, 4) is 0 Å². The molecule has 24 heavy (non-hydrogen) atoms. The Bertz CT molecular complexity index is 566. The van der Waals surface area contributed by atoms with Gasteiger partial charge in [0.05, 0.1) is 11.8 Å². The summed E-state index contributed by atoms with van der Waals surface area (Å²) in [6.07, 6.45) is 1.78. The number of ether oxygens (including phenoxy) is 1. The zero-order chi connectivity index (χ0) is 18.0. The third-order valence-corrected chi connectivity index (χ3v) is 4.51. The number of hydrogen-bond acceptors (Lipinski definition) is 6. The van der Waals surface area contributed by atoms with Crippen LogP contribution in [0.25, 0.3) is 0 Å². The molecular formula is C15H21N3O6. The Labute approximate surface area is 138 Å². The molecule has 0 bridgehead atoms. The molecule has 0 aromatic rings. The van der Waals surface area contributed by atoms with Gasteiger partial charge in [-0.25, -0.2) is 9.59 Å². The van der Waals surface area contributed by atoms with Crippen LogP contribution in [0.5, 0.6) is 0 Å². The average molecular weight is 339 g/mol. The van der Waals surface area contributed by atoms with Crippen LogP contribution in [0.2, 0.25) is 0 Å². The summed E-state index contributed by atoms with van der Waals surface area (Å²) in [6, 6.07) is -2.19. The molecule has 2 rings (SSSR count). The molecule has 3 N–H and O–H groups in total. The predicted octanol–water partition coefficient (Wildman–Crippen LogP) is -0.323. The summed E-state index contributed by atoms with van der Waals surface area (Å²) in [5, 5.41) is 1.79. The van der Waals surface area contributed by atoms with Crippen molar-refractivity contribution < 1.29 is 28.7 Å². The third-order valence-electron chi connectivity index (χ3n) is 4.51. The minimum atomic E-state index is -1.28. The maximum absolute atomic E-state index is 12.4. The van der Waals surface area contributed by atoms with Gasteiger partial charge in [-0.3, -0.25) is 24.6 Å². The number of hydrogen-bond donors (Lipinski definition) is 2. The number of urea groups is 1. The van der Waals surface area contributed by atoms with Crippen LogP contribution >= 0.6 is 0 Å². The highest BCUT2D eigenvalue weighted by atomic mass is 16.5. The fourth-order valence-corrected chi connectivity index (χ4v) is 3.22. The first-order valence-corrected chi connectivity index (χ1v) is 7.91. The van der Waals surface area contributed by atoms with Crippen LogP contribution in [0, 0.1) is 11.8 Å². The van der Waals surface area contributed by atoms with Crippen LogP contribution in [0.4, 0.5) is 4.79 Å². The Balaban J connectivity index is 2.02. The van der Waals surface area contributed by atoms with Gasteiger partial charge in [0.1, 0.15) is 6.04 Å². The third kappa shape index (κ3) is 3.39. The normalized spacial score (nSPS) is 25.7. The molecule has 1 aliphatic carbocycles. The van der Waals surface area contributed by atoms with E-state index in [1.807, 2.05) is 0 Å². The number of imide groups is 2. The van der Waals surface area contributed by atoms with Gasteiger partial charge in [0, 0.05) is 0 Å². The number of rotatable bonds is 4. The van der Waals surface area contributed by atoms with E-state index in [0.29, 0.717) is 12.8 Å². The maximum Gasteiger partial charge on any atom is 0.329 e. The van der Waals surface area contributed by atoms with Crippen molar-refractivity contribution in [3.63, 3.8) is 0 Å². The molecule has 1 saturated carbocycles. The molecule has 0 aromatic heterocycles.